The van der Waals surface area contributed by atoms with Crippen LogP contribution in [0.4, 0.5) is 17.1 Å². The fourth-order valence-corrected chi connectivity index (χ4v) is 1.79. The van der Waals surface area contributed by atoms with Gasteiger partial charge in [-0.05, 0) is 36.4 Å². The van der Waals surface area contributed by atoms with Crippen molar-refractivity contribution in [2.45, 2.75) is 0 Å². The third kappa shape index (κ3) is 3.05. The van der Waals surface area contributed by atoms with Gasteiger partial charge in [0.05, 0.1) is 10.0 Å². The molecule has 0 spiro atoms. The number of benzene rings is 2. The zero-order valence-electron chi connectivity index (χ0n) is 9.30. The second-order valence-electron chi connectivity index (χ2n) is 3.58. The van der Waals surface area contributed by atoms with Crippen LogP contribution in [0.2, 0.25) is 10.0 Å². The van der Waals surface area contributed by atoms with Crippen LogP contribution < -0.4 is 10.6 Å². The Morgan fingerprint density at radius 1 is 0.824 bits per heavy atom. The Kier molecular flexibility index (Phi) is 3.77. The number of hydrogen-bond donors (Lipinski definition) is 2. The maximum absolute atomic E-state index is 5.95. The highest BCUT2D eigenvalue weighted by Gasteiger charge is 2.00. The lowest BCUT2D eigenvalue weighted by Gasteiger charge is -2.09. The zero-order chi connectivity index (χ0) is 12.3. The van der Waals surface area contributed by atoms with Gasteiger partial charge >= 0.3 is 0 Å². The Hall–Kier alpha value is -1.38. The van der Waals surface area contributed by atoms with Crippen molar-refractivity contribution in [3.05, 3.63) is 52.5 Å². The summed E-state index contributed by atoms with van der Waals surface area (Å²) in [7, 11) is 1.89. The summed E-state index contributed by atoms with van der Waals surface area (Å²) in [4.78, 5) is 0. The number of rotatable bonds is 3. The summed E-state index contributed by atoms with van der Waals surface area (Å²) in [6, 6.07) is 13.4. The topological polar surface area (TPSA) is 24.1 Å². The minimum absolute atomic E-state index is 0.543. The monoisotopic (exact) mass is 266 g/mol. The van der Waals surface area contributed by atoms with Crippen LogP contribution in [0, 0.1) is 0 Å². The molecule has 0 aliphatic heterocycles. The van der Waals surface area contributed by atoms with Gasteiger partial charge in [-0.15, -0.1) is 0 Å². The third-order valence-electron chi connectivity index (χ3n) is 2.36. The lowest BCUT2D eigenvalue weighted by atomic mass is 10.2. The molecule has 0 unspecified atom stereocenters. The maximum atomic E-state index is 5.95. The normalized spacial score (nSPS) is 10.1. The molecule has 0 aliphatic rings. The quantitative estimate of drug-likeness (QED) is 0.836. The van der Waals surface area contributed by atoms with E-state index in [1.165, 1.54) is 0 Å². The van der Waals surface area contributed by atoms with E-state index in [9.17, 15) is 0 Å². The molecule has 0 amide bonds. The van der Waals surface area contributed by atoms with Gasteiger partial charge in [-0.1, -0.05) is 29.3 Å². The van der Waals surface area contributed by atoms with Gasteiger partial charge in [-0.25, -0.2) is 0 Å². The molecule has 0 aromatic heterocycles. The van der Waals surface area contributed by atoms with Crippen LogP contribution in [0.3, 0.4) is 0 Å². The Labute approximate surface area is 111 Å². The van der Waals surface area contributed by atoms with E-state index in [-0.39, 0.29) is 0 Å². The summed E-state index contributed by atoms with van der Waals surface area (Å²) < 4.78 is 0. The van der Waals surface area contributed by atoms with Gasteiger partial charge in [0.15, 0.2) is 0 Å². The van der Waals surface area contributed by atoms with Gasteiger partial charge in [0.1, 0.15) is 0 Å². The third-order valence-corrected chi connectivity index (χ3v) is 3.10. The first-order chi connectivity index (χ1) is 8.19. The van der Waals surface area contributed by atoms with E-state index in [1.54, 1.807) is 12.1 Å². The Morgan fingerprint density at radius 3 is 2.24 bits per heavy atom. The van der Waals surface area contributed by atoms with E-state index >= 15 is 0 Å². The van der Waals surface area contributed by atoms with Crippen molar-refractivity contribution in [1.29, 1.82) is 0 Å². The molecule has 2 aromatic carbocycles. The molecular formula is C13H12Cl2N2. The van der Waals surface area contributed by atoms with Gasteiger partial charge in [0.25, 0.3) is 0 Å². The van der Waals surface area contributed by atoms with Crippen molar-refractivity contribution in [2.24, 2.45) is 0 Å². The molecular weight excluding hydrogens is 255 g/mol. The van der Waals surface area contributed by atoms with Gasteiger partial charge < -0.3 is 10.6 Å². The molecule has 88 valence electrons. The van der Waals surface area contributed by atoms with Crippen LogP contribution in [0.15, 0.2) is 42.5 Å². The minimum atomic E-state index is 0.543. The molecule has 0 saturated heterocycles. The first-order valence-corrected chi connectivity index (χ1v) is 5.94. The molecule has 2 nitrogen and oxygen atoms in total. The van der Waals surface area contributed by atoms with Gasteiger partial charge in [-0.3, -0.25) is 0 Å². The molecule has 2 rings (SSSR count). The fourth-order valence-electron chi connectivity index (χ4n) is 1.49. The zero-order valence-corrected chi connectivity index (χ0v) is 10.8. The minimum Gasteiger partial charge on any atom is -0.388 e. The van der Waals surface area contributed by atoms with Crippen molar-refractivity contribution in [3.8, 4) is 0 Å². The fraction of sp³-hybridized carbons (Fsp3) is 0.0769. The second-order valence-corrected chi connectivity index (χ2v) is 4.40. The summed E-state index contributed by atoms with van der Waals surface area (Å²) in [5.74, 6) is 0. The smallest absolute Gasteiger partial charge is 0.0612 e. The summed E-state index contributed by atoms with van der Waals surface area (Å²) in [6.45, 7) is 0. The average molecular weight is 267 g/mol. The first kappa shape index (κ1) is 12.1. The van der Waals surface area contributed by atoms with E-state index in [0.29, 0.717) is 10.0 Å². The van der Waals surface area contributed by atoms with E-state index in [0.717, 1.165) is 17.1 Å². The molecule has 0 saturated carbocycles. The molecule has 0 aliphatic carbocycles. The number of hydrogen-bond acceptors (Lipinski definition) is 2. The summed E-state index contributed by atoms with van der Waals surface area (Å²) >= 11 is 11.8. The van der Waals surface area contributed by atoms with Crippen molar-refractivity contribution in [2.75, 3.05) is 17.7 Å². The molecule has 0 bridgehead atoms. The first-order valence-electron chi connectivity index (χ1n) is 5.19. The standard InChI is InChI=1S/C13H12Cl2N2/c1-16-9-3-2-4-10(7-9)17-11-5-6-12(14)13(15)8-11/h2-8,16-17H,1H3. The molecule has 0 radical (unpaired) electrons. The Bertz CT molecular complexity index is 527. The van der Waals surface area contributed by atoms with E-state index in [4.69, 9.17) is 23.2 Å². The Balaban J connectivity index is 2.22. The van der Waals surface area contributed by atoms with Crippen molar-refractivity contribution in [1.82, 2.24) is 0 Å². The predicted molar refractivity (Wildman–Crippen MR) is 75.7 cm³/mol. The van der Waals surface area contributed by atoms with E-state index < -0.39 is 0 Å². The molecule has 4 heteroatoms. The van der Waals surface area contributed by atoms with E-state index in [1.807, 2.05) is 37.4 Å². The summed E-state index contributed by atoms with van der Waals surface area (Å²) in [5.41, 5.74) is 2.96. The Morgan fingerprint density at radius 2 is 1.53 bits per heavy atom. The highest BCUT2D eigenvalue weighted by Crippen LogP contribution is 2.27. The summed E-state index contributed by atoms with van der Waals surface area (Å²) in [5, 5.41) is 7.45. The van der Waals surface area contributed by atoms with Crippen molar-refractivity contribution in [3.63, 3.8) is 0 Å². The van der Waals surface area contributed by atoms with Crippen LogP contribution >= 0.6 is 23.2 Å². The molecule has 0 heterocycles. The average Bonchev–Trinajstić information content (AvgIpc) is 2.34. The highest BCUT2D eigenvalue weighted by atomic mass is 35.5. The molecule has 2 aromatic rings. The number of nitrogens with one attached hydrogen (secondary N) is 2. The van der Waals surface area contributed by atoms with Crippen molar-refractivity contribution < 1.29 is 0 Å². The van der Waals surface area contributed by atoms with Gasteiger partial charge in [0.2, 0.25) is 0 Å². The lowest BCUT2D eigenvalue weighted by molar-refractivity contribution is 1.49. The molecule has 17 heavy (non-hydrogen) atoms. The lowest BCUT2D eigenvalue weighted by Crippen LogP contribution is -1.92. The summed E-state index contributed by atoms with van der Waals surface area (Å²) in [6.07, 6.45) is 0. The van der Waals surface area contributed by atoms with E-state index in [2.05, 4.69) is 10.6 Å². The van der Waals surface area contributed by atoms with Crippen LogP contribution in [0.25, 0.3) is 0 Å². The number of anilines is 3. The predicted octanol–water partition coefficient (Wildman–Crippen LogP) is 4.78. The SMILES string of the molecule is CNc1cccc(Nc2ccc(Cl)c(Cl)c2)c1. The van der Waals surface area contributed by atoms with Crippen LogP contribution in [0.5, 0.6) is 0 Å². The second kappa shape index (κ2) is 5.30. The molecule has 0 fully saturated rings. The highest BCUT2D eigenvalue weighted by molar-refractivity contribution is 6.42. The molecule has 2 N–H and O–H groups in total. The van der Waals surface area contributed by atoms with Gasteiger partial charge in [0, 0.05) is 24.1 Å². The van der Waals surface area contributed by atoms with Crippen LogP contribution in [-0.4, -0.2) is 7.05 Å². The largest absolute Gasteiger partial charge is 0.388 e. The van der Waals surface area contributed by atoms with Crippen LogP contribution in [0.1, 0.15) is 0 Å². The van der Waals surface area contributed by atoms with Gasteiger partial charge in [-0.2, -0.15) is 0 Å². The molecule has 0 atom stereocenters. The number of halogens is 2. The van der Waals surface area contributed by atoms with Crippen LogP contribution in [-0.2, 0) is 0 Å². The van der Waals surface area contributed by atoms with Crippen molar-refractivity contribution >= 4 is 40.3 Å². The maximum Gasteiger partial charge on any atom is 0.0612 e.